The molecule has 0 radical (unpaired) electrons. The van der Waals surface area contributed by atoms with Crippen LogP contribution in [0.3, 0.4) is 0 Å². The predicted octanol–water partition coefficient (Wildman–Crippen LogP) is 4.74. The summed E-state index contributed by atoms with van der Waals surface area (Å²) in [4.78, 5) is 13.0. The van der Waals surface area contributed by atoms with Gasteiger partial charge in [-0.1, -0.05) is 44.0 Å². The van der Waals surface area contributed by atoms with Gasteiger partial charge in [0.05, 0.1) is 5.69 Å². The smallest absolute Gasteiger partial charge is 0.286 e. The summed E-state index contributed by atoms with van der Waals surface area (Å²) in [7, 11) is -3.72. The van der Waals surface area contributed by atoms with Gasteiger partial charge in [-0.25, -0.2) is 0 Å². The SMILES string of the molecule is CCc1ccc(NC(=O)CC2(CC3=NS(=O)(=O)c4ccccc4N3)CCCC2)cc1. The van der Waals surface area contributed by atoms with Crippen LogP contribution in [-0.4, -0.2) is 20.2 Å². The molecule has 1 aliphatic heterocycles. The summed E-state index contributed by atoms with van der Waals surface area (Å²) in [6, 6.07) is 14.7. The molecule has 2 N–H and O–H groups in total. The first-order valence-corrected chi connectivity index (χ1v) is 11.9. The molecule has 2 aromatic carbocycles. The Morgan fingerprint density at radius 2 is 1.80 bits per heavy atom. The molecule has 30 heavy (non-hydrogen) atoms. The van der Waals surface area contributed by atoms with E-state index in [1.54, 1.807) is 24.3 Å². The van der Waals surface area contributed by atoms with Crippen molar-refractivity contribution in [1.82, 2.24) is 0 Å². The van der Waals surface area contributed by atoms with Gasteiger partial charge in [0.15, 0.2) is 0 Å². The van der Waals surface area contributed by atoms with E-state index in [1.807, 2.05) is 24.3 Å². The highest BCUT2D eigenvalue weighted by Gasteiger charge is 2.39. The summed E-state index contributed by atoms with van der Waals surface area (Å²) in [6.45, 7) is 2.10. The summed E-state index contributed by atoms with van der Waals surface area (Å²) in [6.07, 6.45) is 5.60. The maximum absolute atomic E-state index is 12.8. The number of carbonyl (C=O) groups is 1. The first kappa shape index (κ1) is 20.6. The number of amidine groups is 1. The Bertz CT molecular complexity index is 1070. The molecule has 1 aliphatic carbocycles. The number of sulfonamides is 1. The van der Waals surface area contributed by atoms with Crippen LogP contribution in [0.4, 0.5) is 11.4 Å². The van der Waals surface area contributed by atoms with Gasteiger partial charge in [0.25, 0.3) is 10.0 Å². The Balaban J connectivity index is 1.49. The molecule has 2 aromatic rings. The van der Waals surface area contributed by atoms with Crippen molar-refractivity contribution in [3.8, 4) is 0 Å². The summed E-state index contributed by atoms with van der Waals surface area (Å²) in [5.41, 5.74) is 2.29. The van der Waals surface area contributed by atoms with Crippen LogP contribution in [0.25, 0.3) is 0 Å². The average Bonchev–Trinajstić information content (AvgIpc) is 3.15. The number of benzene rings is 2. The second-order valence-corrected chi connectivity index (χ2v) is 9.87. The van der Waals surface area contributed by atoms with Crippen molar-refractivity contribution in [1.29, 1.82) is 0 Å². The third kappa shape index (κ3) is 4.41. The third-order valence-corrected chi connectivity index (χ3v) is 7.44. The number of fused-ring (bicyclic) bond motifs is 1. The van der Waals surface area contributed by atoms with Crippen LogP contribution >= 0.6 is 0 Å². The lowest BCUT2D eigenvalue weighted by Crippen LogP contribution is -2.32. The lowest BCUT2D eigenvalue weighted by Gasteiger charge is -2.30. The van der Waals surface area contributed by atoms with Crippen molar-refractivity contribution in [2.45, 2.75) is 56.8 Å². The van der Waals surface area contributed by atoms with Crippen molar-refractivity contribution in [2.24, 2.45) is 9.81 Å². The first-order chi connectivity index (χ1) is 14.4. The minimum Gasteiger partial charge on any atom is -0.342 e. The molecule has 6 nitrogen and oxygen atoms in total. The minimum atomic E-state index is -3.72. The van der Waals surface area contributed by atoms with Gasteiger partial charge in [-0.3, -0.25) is 4.79 Å². The van der Waals surface area contributed by atoms with Crippen LogP contribution < -0.4 is 10.6 Å². The molecule has 0 bridgehead atoms. The van der Waals surface area contributed by atoms with Crippen LogP contribution in [0, 0.1) is 5.41 Å². The minimum absolute atomic E-state index is 0.0409. The van der Waals surface area contributed by atoms with Crippen LogP contribution in [0.2, 0.25) is 0 Å². The molecule has 1 amide bonds. The fourth-order valence-corrected chi connectivity index (χ4v) is 5.66. The van der Waals surface area contributed by atoms with Gasteiger partial charge in [0, 0.05) is 18.5 Å². The molecule has 1 saturated carbocycles. The number of hydrogen-bond acceptors (Lipinski definition) is 4. The number of anilines is 2. The van der Waals surface area contributed by atoms with Gasteiger partial charge in [0.1, 0.15) is 10.7 Å². The Labute approximate surface area is 177 Å². The third-order valence-electron chi connectivity index (χ3n) is 6.06. The highest BCUT2D eigenvalue weighted by atomic mass is 32.2. The molecule has 2 aliphatic rings. The molecule has 158 valence electrons. The summed E-state index contributed by atoms with van der Waals surface area (Å²) >= 11 is 0. The van der Waals surface area contributed by atoms with Gasteiger partial charge < -0.3 is 10.6 Å². The van der Waals surface area contributed by atoms with E-state index in [0.29, 0.717) is 24.4 Å². The van der Waals surface area contributed by atoms with Gasteiger partial charge >= 0.3 is 0 Å². The van der Waals surface area contributed by atoms with E-state index < -0.39 is 10.0 Å². The molecule has 0 saturated heterocycles. The van der Waals surface area contributed by atoms with E-state index in [9.17, 15) is 13.2 Å². The molecule has 0 spiro atoms. The maximum Gasteiger partial charge on any atom is 0.286 e. The fourth-order valence-electron chi connectivity index (χ4n) is 4.51. The number of nitrogens with zero attached hydrogens (tertiary/aromatic N) is 1. The Kier molecular flexibility index (Phi) is 5.64. The van der Waals surface area contributed by atoms with E-state index >= 15 is 0 Å². The van der Waals surface area contributed by atoms with E-state index in [-0.39, 0.29) is 16.2 Å². The van der Waals surface area contributed by atoms with E-state index in [1.165, 1.54) is 5.56 Å². The van der Waals surface area contributed by atoms with Crippen LogP contribution in [-0.2, 0) is 21.2 Å². The molecule has 0 unspecified atom stereocenters. The molecule has 7 heteroatoms. The molecule has 1 heterocycles. The quantitative estimate of drug-likeness (QED) is 0.700. The topological polar surface area (TPSA) is 87.6 Å². The highest BCUT2D eigenvalue weighted by Crippen LogP contribution is 2.45. The second-order valence-electron chi connectivity index (χ2n) is 8.29. The van der Waals surface area contributed by atoms with E-state index in [0.717, 1.165) is 37.8 Å². The lowest BCUT2D eigenvalue weighted by atomic mass is 9.78. The lowest BCUT2D eigenvalue weighted by molar-refractivity contribution is -0.118. The number of hydrogen-bond donors (Lipinski definition) is 2. The Morgan fingerprint density at radius 1 is 1.10 bits per heavy atom. The van der Waals surface area contributed by atoms with Crippen molar-refractivity contribution >= 4 is 33.1 Å². The molecular formula is C23H27N3O3S. The van der Waals surface area contributed by atoms with Crippen molar-refractivity contribution in [3.63, 3.8) is 0 Å². The Morgan fingerprint density at radius 3 is 2.50 bits per heavy atom. The summed E-state index contributed by atoms with van der Waals surface area (Å²) in [5.74, 6) is 0.386. The molecule has 4 rings (SSSR count). The number of aryl methyl sites for hydroxylation is 1. The normalized spacial score (nSPS) is 18.8. The van der Waals surface area contributed by atoms with Crippen LogP contribution in [0.15, 0.2) is 57.8 Å². The molecule has 0 atom stereocenters. The summed E-state index contributed by atoms with van der Waals surface area (Å²) in [5, 5.41) is 6.18. The van der Waals surface area contributed by atoms with Crippen molar-refractivity contribution < 1.29 is 13.2 Å². The largest absolute Gasteiger partial charge is 0.342 e. The standard InChI is InChI=1S/C23H27N3O3S/c1-2-17-9-11-18(12-10-17)24-22(27)16-23(13-5-6-14-23)15-21-25-19-7-3-4-8-20(19)30(28,29)26-21/h3-4,7-12H,2,5-6,13-16H2,1H3,(H,24,27)(H,25,26). The number of para-hydroxylation sites is 1. The van der Waals surface area contributed by atoms with Gasteiger partial charge in [0.2, 0.25) is 5.91 Å². The van der Waals surface area contributed by atoms with Gasteiger partial charge in [-0.15, -0.1) is 4.40 Å². The zero-order valence-electron chi connectivity index (χ0n) is 17.1. The zero-order chi connectivity index (χ0) is 21.2. The van der Waals surface area contributed by atoms with E-state index in [4.69, 9.17) is 0 Å². The monoisotopic (exact) mass is 425 g/mol. The zero-order valence-corrected chi connectivity index (χ0v) is 18.0. The summed E-state index contributed by atoms with van der Waals surface area (Å²) < 4.78 is 29.2. The average molecular weight is 426 g/mol. The van der Waals surface area contributed by atoms with Crippen LogP contribution in [0.1, 0.15) is 51.0 Å². The highest BCUT2D eigenvalue weighted by molar-refractivity contribution is 7.90. The molecular weight excluding hydrogens is 398 g/mol. The number of carbonyl (C=O) groups excluding carboxylic acids is 1. The van der Waals surface area contributed by atoms with Crippen molar-refractivity contribution in [3.05, 3.63) is 54.1 Å². The first-order valence-electron chi connectivity index (χ1n) is 10.5. The fraction of sp³-hybridized carbons (Fsp3) is 0.391. The maximum atomic E-state index is 12.8. The second kappa shape index (κ2) is 8.22. The predicted molar refractivity (Wildman–Crippen MR) is 119 cm³/mol. The van der Waals surface area contributed by atoms with E-state index in [2.05, 4.69) is 22.0 Å². The van der Waals surface area contributed by atoms with Crippen molar-refractivity contribution in [2.75, 3.05) is 10.6 Å². The van der Waals surface area contributed by atoms with Gasteiger partial charge in [-0.2, -0.15) is 8.42 Å². The molecule has 1 fully saturated rings. The number of amides is 1. The van der Waals surface area contributed by atoms with Gasteiger partial charge in [-0.05, 0) is 54.5 Å². The number of nitrogens with one attached hydrogen (secondary N) is 2. The number of rotatable bonds is 6. The molecule has 0 aromatic heterocycles. The Hall–Kier alpha value is -2.67. The van der Waals surface area contributed by atoms with Crippen LogP contribution in [0.5, 0.6) is 0 Å².